The van der Waals surface area contributed by atoms with E-state index in [4.69, 9.17) is 0 Å². The van der Waals surface area contributed by atoms with Gasteiger partial charge in [-0.15, -0.1) is 0 Å². The molecule has 0 bridgehead atoms. The van der Waals surface area contributed by atoms with Gasteiger partial charge in [-0.25, -0.2) is 0 Å². The van der Waals surface area contributed by atoms with E-state index in [-0.39, 0.29) is 0 Å². The highest BCUT2D eigenvalue weighted by molar-refractivity contribution is 14.1. The Bertz CT molecular complexity index is 297. The first-order valence-electron chi connectivity index (χ1n) is 3.96. The van der Waals surface area contributed by atoms with Gasteiger partial charge in [-0.1, -0.05) is 47.7 Å². The van der Waals surface area contributed by atoms with E-state index >= 15 is 0 Å². The summed E-state index contributed by atoms with van der Waals surface area (Å²) in [5, 5.41) is 1.28. The second-order valence-corrected chi connectivity index (χ2v) is 3.86. The lowest BCUT2D eigenvalue weighted by Crippen LogP contribution is -1.61. The van der Waals surface area contributed by atoms with Crippen molar-refractivity contribution < 1.29 is 0 Å². The smallest absolute Gasteiger partial charge is 0.0453 e. The first kappa shape index (κ1) is 9.58. The highest BCUT2D eigenvalue weighted by Crippen LogP contribution is 2.09. The maximum atomic E-state index is 3.12. The summed E-state index contributed by atoms with van der Waals surface area (Å²) in [4.78, 5) is 3.12. The molecule has 0 aliphatic heterocycles. The van der Waals surface area contributed by atoms with Crippen molar-refractivity contribution in [3.8, 4) is 0 Å². The van der Waals surface area contributed by atoms with Crippen LogP contribution in [0.15, 0.2) is 36.5 Å². The summed E-state index contributed by atoms with van der Waals surface area (Å²) >= 11 is 2.29. The molecule has 2 heteroatoms. The van der Waals surface area contributed by atoms with E-state index in [0.717, 1.165) is 0 Å². The van der Waals surface area contributed by atoms with Gasteiger partial charge in [0, 0.05) is 11.7 Å². The fraction of sp³-hybridized carbons (Fsp3) is 0.200. The van der Waals surface area contributed by atoms with Crippen molar-refractivity contribution in [2.75, 3.05) is 4.43 Å². The number of halogens is 1. The molecule has 0 fully saturated rings. The number of rotatable bonds is 0. The monoisotopic (exact) mass is 273 g/mol. The van der Waals surface area contributed by atoms with Crippen LogP contribution >= 0.6 is 22.6 Å². The molecule has 2 aromatic rings. The number of hydrogen-bond donors (Lipinski definition) is 1. The first-order chi connectivity index (χ1) is 5.88. The van der Waals surface area contributed by atoms with Crippen LogP contribution in [0.2, 0.25) is 0 Å². The number of aromatic amines is 1. The Morgan fingerprint density at radius 1 is 1.25 bits per heavy atom. The van der Waals surface area contributed by atoms with Crippen molar-refractivity contribution in [2.45, 2.75) is 6.92 Å². The molecule has 12 heavy (non-hydrogen) atoms. The van der Waals surface area contributed by atoms with Crippen LogP contribution in [0.3, 0.4) is 0 Å². The fourth-order valence-corrected chi connectivity index (χ4v) is 0.995. The summed E-state index contributed by atoms with van der Waals surface area (Å²) in [7, 11) is 0. The molecule has 0 saturated heterocycles. The van der Waals surface area contributed by atoms with Gasteiger partial charge in [-0.3, -0.25) is 0 Å². The Morgan fingerprint density at radius 2 is 1.92 bits per heavy atom. The number of H-pyrrole nitrogens is 1. The molecule has 1 heterocycles. The van der Waals surface area contributed by atoms with Crippen LogP contribution in [-0.2, 0) is 0 Å². The summed E-state index contributed by atoms with van der Waals surface area (Å²) in [6.07, 6.45) is 1.95. The van der Waals surface area contributed by atoms with E-state index < -0.39 is 0 Å². The zero-order chi connectivity index (χ0) is 8.81. The molecule has 64 valence electrons. The zero-order valence-electron chi connectivity index (χ0n) is 7.05. The SMILES string of the molecule is CCI.c1ccc2[nH]ccc2c1. The number of aromatic nitrogens is 1. The largest absolute Gasteiger partial charge is 0.361 e. The quantitative estimate of drug-likeness (QED) is 0.557. The highest BCUT2D eigenvalue weighted by Gasteiger charge is 1.86. The predicted octanol–water partition coefficient (Wildman–Crippen LogP) is 3.61. The molecule has 0 aliphatic rings. The molecule has 0 saturated carbocycles. The molecule has 1 nitrogen and oxygen atoms in total. The van der Waals surface area contributed by atoms with Gasteiger partial charge >= 0.3 is 0 Å². The molecule has 0 amide bonds. The minimum absolute atomic E-state index is 1.21. The standard InChI is InChI=1S/C8H7N.C2H5I/c1-2-4-8-7(3-1)5-6-9-8;1-2-3/h1-6,9H;2H2,1H3. The van der Waals surface area contributed by atoms with Crippen LogP contribution in [0.5, 0.6) is 0 Å². The Hall–Kier alpha value is -0.510. The number of hydrogen-bond acceptors (Lipinski definition) is 0. The van der Waals surface area contributed by atoms with Gasteiger partial charge in [0.15, 0.2) is 0 Å². The van der Waals surface area contributed by atoms with Crippen molar-refractivity contribution in [2.24, 2.45) is 0 Å². The lowest BCUT2D eigenvalue weighted by molar-refractivity contribution is 1.48. The molecule has 0 atom stereocenters. The minimum atomic E-state index is 1.21. The van der Waals surface area contributed by atoms with Crippen LogP contribution in [0.4, 0.5) is 0 Å². The van der Waals surface area contributed by atoms with Crippen LogP contribution < -0.4 is 0 Å². The summed E-state index contributed by atoms with van der Waals surface area (Å²) < 4.78 is 1.22. The Kier molecular flexibility index (Phi) is 4.14. The van der Waals surface area contributed by atoms with Crippen LogP contribution in [0, 0.1) is 0 Å². The maximum Gasteiger partial charge on any atom is 0.0453 e. The fourth-order valence-electron chi connectivity index (χ4n) is 0.995. The molecule has 1 aromatic heterocycles. The molecular weight excluding hydrogens is 261 g/mol. The Morgan fingerprint density at radius 3 is 2.58 bits per heavy atom. The minimum Gasteiger partial charge on any atom is -0.361 e. The third-order valence-electron chi connectivity index (χ3n) is 1.46. The van der Waals surface area contributed by atoms with Gasteiger partial charge < -0.3 is 4.98 Å². The number of fused-ring (bicyclic) bond motifs is 1. The predicted molar refractivity (Wildman–Crippen MR) is 62.9 cm³/mol. The van der Waals surface area contributed by atoms with Gasteiger partial charge in [-0.05, 0) is 21.9 Å². The second kappa shape index (κ2) is 5.19. The highest BCUT2D eigenvalue weighted by atomic mass is 127. The van der Waals surface area contributed by atoms with E-state index in [9.17, 15) is 0 Å². The maximum absolute atomic E-state index is 3.12. The summed E-state index contributed by atoms with van der Waals surface area (Å²) in [5.41, 5.74) is 1.21. The summed E-state index contributed by atoms with van der Waals surface area (Å²) in [5.74, 6) is 0. The van der Waals surface area contributed by atoms with Crippen molar-refractivity contribution in [3.63, 3.8) is 0 Å². The average Bonchev–Trinajstić information content (AvgIpc) is 2.52. The normalized spacial score (nSPS) is 9.17. The topological polar surface area (TPSA) is 15.8 Å². The summed E-state index contributed by atoms with van der Waals surface area (Å²) in [6.45, 7) is 2.11. The first-order valence-corrected chi connectivity index (χ1v) is 5.49. The van der Waals surface area contributed by atoms with Crippen molar-refractivity contribution in [1.29, 1.82) is 0 Å². The molecule has 0 spiro atoms. The third-order valence-corrected chi connectivity index (χ3v) is 1.46. The number of para-hydroxylation sites is 1. The lowest BCUT2D eigenvalue weighted by atomic mass is 10.3. The van der Waals surface area contributed by atoms with E-state index in [2.05, 4.69) is 52.7 Å². The van der Waals surface area contributed by atoms with Crippen LogP contribution in [-0.4, -0.2) is 9.41 Å². The van der Waals surface area contributed by atoms with Crippen molar-refractivity contribution in [3.05, 3.63) is 36.5 Å². The van der Waals surface area contributed by atoms with Crippen molar-refractivity contribution >= 4 is 33.5 Å². The number of nitrogens with one attached hydrogen (secondary N) is 1. The Labute approximate surface area is 86.3 Å². The molecular formula is C10H12IN. The lowest BCUT2D eigenvalue weighted by Gasteiger charge is -1.83. The molecule has 2 rings (SSSR count). The Balaban J connectivity index is 0.000000213. The van der Waals surface area contributed by atoms with Gasteiger partial charge in [0.05, 0.1) is 0 Å². The van der Waals surface area contributed by atoms with E-state index in [1.807, 2.05) is 18.3 Å². The summed E-state index contributed by atoms with van der Waals surface area (Å²) in [6, 6.07) is 10.3. The van der Waals surface area contributed by atoms with Gasteiger partial charge in [0.2, 0.25) is 0 Å². The molecule has 1 aromatic carbocycles. The van der Waals surface area contributed by atoms with Gasteiger partial charge in [-0.2, -0.15) is 0 Å². The van der Waals surface area contributed by atoms with Crippen LogP contribution in [0.25, 0.3) is 10.9 Å². The molecule has 0 aliphatic carbocycles. The zero-order valence-corrected chi connectivity index (χ0v) is 9.21. The molecule has 0 radical (unpaired) electrons. The van der Waals surface area contributed by atoms with Gasteiger partial charge in [0.1, 0.15) is 0 Å². The van der Waals surface area contributed by atoms with E-state index in [0.29, 0.717) is 0 Å². The molecule has 0 unspecified atom stereocenters. The van der Waals surface area contributed by atoms with E-state index in [1.54, 1.807) is 0 Å². The van der Waals surface area contributed by atoms with Crippen molar-refractivity contribution in [1.82, 2.24) is 4.98 Å². The molecule has 1 N–H and O–H groups in total. The van der Waals surface area contributed by atoms with Crippen LogP contribution in [0.1, 0.15) is 6.92 Å². The number of benzene rings is 1. The number of alkyl halides is 1. The third kappa shape index (κ3) is 2.52. The van der Waals surface area contributed by atoms with Gasteiger partial charge in [0.25, 0.3) is 0 Å². The second-order valence-electron chi connectivity index (χ2n) is 2.33. The average molecular weight is 273 g/mol. The van der Waals surface area contributed by atoms with E-state index in [1.165, 1.54) is 15.3 Å².